The Morgan fingerprint density at radius 2 is 2.24 bits per heavy atom. The molecule has 0 saturated carbocycles. The third-order valence-corrected chi connectivity index (χ3v) is 2.77. The highest BCUT2D eigenvalue weighted by atomic mass is 16.3. The average molecular weight is 234 g/mol. The molecule has 1 amide bonds. The molecule has 0 radical (unpaired) electrons. The predicted octanol–water partition coefficient (Wildman–Crippen LogP) is 2.54. The van der Waals surface area contributed by atoms with Crippen molar-refractivity contribution in [3.8, 4) is 5.75 Å². The summed E-state index contributed by atoms with van der Waals surface area (Å²) in [5, 5.41) is 13.3. The van der Waals surface area contributed by atoms with Gasteiger partial charge in [0.05, 0.1) is 0 Å². The van der Waals surface area contributed by atoms with Crippen LogP contribution in [0.5, 0.6) is 5.75 Å². The van der Waals surface area contributed by atoms with Gasteiger partial charge in [-0.05, 0) is 37.5 Å². The molecule has 0 bridgehead atoms. The number of phenolic OH excluding ortho intramolecular Hbond substituents is 1. The molecule has 1 aromatic carbocycles. The van der Waals surface area contributed by atoms with E-state index in [4.69, 9.17) is 0 Å². The number of amides is 1. The second-order valence-electron chi connectivity index (χ2n) is 4.05. The molecule has 4 heteroatoms. The average Bonchev–Trinajstić information content (AvgIpc) is 2.34. The zero-order valence-electron chi connectivity index (χ0n) is 10.4. The minimum atomic E-state index is -0.316. The zero-order valence-corrected chi connectivity index (χ0v) is 10.4. The number of hydrogen-bond donors (Lipinski definition) is 2. The van der Waals surface area contributed by atoms with Gasteiger partial charge in [-0.3, -0.25) is 4.79 Å². The summed E-state index contributed by atoms with van der Waals surface area (Å²) in [6, 6.07) is 6.17. The van der Waals surface area contributed by atoms with Gasteiger partial charge in [-0.1, -0.05) is 19.9 Å². The summed E-state index contributed by atoms with van der Waals surface area (Å²) in [5.74, 6) is 0.100. The van der Waals surface area contributed by atoms with E-state index >= 15 is 0 Å². The van der Waals surface area contributed by atoms with Crippen molar-refractivity contribution in [2.24, 2.45) is 11.0 Å². The predicted molar refractivity (Wildman–Crippen MR) is 68.1 cm³/mol. The molecule has 0 aliphatic heterocycles. The monoisotopic (exact) mass is 234 g/mol. The number of benzene rings is 1. The number of carbonyl (C=O) groups is 1. The smallest absolute Gasteiger partial charge is 0.271 e. The summed E-state index contributed by atoms with van der Waals surface area (Å²) in [7, 11) is 0. The van der Waals surface area contributed by atoms with E-state index < -0.39 is 0 Å². The van der Waals surface area contributed by atoms with Crippen LogP contribution in [-0.4, -0.2) is 16.7 Å². The largest absolute Gasteiger partial charge is 0.508 e. The maximum Gasteiger partial charge on any atom is 0.271 e. The first kappa shape index (κ1) is 13.2. The molecule has 4 nitrogen and oxygen atoms in total. The molecule has 17 heavy (non-hydrogen) atoms. The molecule has 92 valence electrons. The van der Waals surface area contributed by atoms with Crippen LogP contribution < -0.4 is 5.43 Å². The van der Waals surface area contributed by atoms with E-state index in [2.05, 4.69) is 24.4 Å². The van der Waals surface area contributed by atoms with Crippen LogP contribution in [0, 0.1) is 5.92 Å². The van der Waals surface area contributed by atoms with Crippen LogP contribution in [0.3, 0.4) is 0 Å². The topological polar surface area (TPSA) is 61.7 Å². The van der Waals surface area contributed by atoms with Crippen molar-refractivity contribution in [3.05, 3.63) is 29.8 Å². The van der Waals surface area contributed by atoms with Crippen molar-refractivity contribution < 1.29 is 9.90 Å². The minimum absolute atomic E-state index is 0.0697. The van der Waals surface area contributed by atoms with Gasteiger partial charge in [0.1, 0.15) is 5.75 Å². The van der Waals surface area contributed by atoms with Crippen LogP contribution in [0.4, 0.5) is 0 Å². The van der Waals surface area contributed by atoms with E-state index in [1.807, 2.05) is 6.92 Å². The van der Waals surface area contributed by atoms with Gasteiger partial charge in [-0.2, -0.15) is 5.10 Å². The summed E-state index contributed by atoms with van der Waals surface area (Å²) < 4.78 is 0. The van der Waals surface area contributed by atoms with Crippen LogP contribution in [-0.2, 0) is 0 Å². The number of nitrogens with zero attached hydrogens (tertiary/aromatic N) is 1. The van der Waals surface area contributed by atoms with Gasteiger partial charge >= 0.3 is 0 Å². The number of carbonyl (C=O) groups excluding carboxylic acids is 1. The van der Waals surface area contributed by atoms with Crippen molar-refractivity contribution in [1.29, 1.82) is 0 Å². The lowest BCUT2D eigenvalue weighted by atomic mass is 10.1. The van der Waals surface area contributed by atoms with Gasteiger partial charge in [0.15, 0.2) is 0 Å². The standard InChI is InChI=1S/C13H18N2O2/c1-4-9(2)10(3)14-15-13(17)11-6-5-7-12(16)8-11/h5-9,16H,4H2,1-3H3,(H,15,17)/b14-10-/t9-/m1/s1. The number of aromatic hydroxyl groups is 1. The van der Waals surface area contributed by atoms with E-state index in [1.54, 1.807) is 12.1 Å². The lowest BCUT2D eigenvalue weighted by Gasteiger charge is -2.08. The second-order valence-corrected chi connectivity index (χ2v) is 4.05. The van der Waals surface area contributed by atoms with Crippen LogP contribution in [0.15, 0.2) is 29.4 Å². The Bertz CT molecular complexity index is 427. The molecule has 2 N–H and O–H groups in total. The van der Waals surface area contributed by atoms with E-state index in [0.717, 1.165) is 12.1 Å². The Balaban J connectivity index is 2.67. The Morgan fingerprint density at radius 1 is 1.53 bits per heavy atom. The van der Waals surface area contributed by atoms with Gasteiger partial charge < -0.3 is 5.11 Å². The first-order chi connectivity index (χ1) is 8.04. The maximum atomic E-state index is 11.7. The SMILES string of the molecule is CC[C@@H](C)/C(C)=N\NC(=O)c1cccc(O)c1. The molecule has 0 unspecified atom stereocenters. The van der Waals surface area contributed by atoms with Crippen LogP contribution in [0.25, 0.3) is 0 Å². The summed E-state index contributed by atoms with van der Waals surface area (Å²) in [4.78, 5) is 11.7. The number of hydrogen-bond acceptors (Lipinski definition) is 3. The maximum absolute atomic E-state index is 11.7. The molecule has 1 aromatic rings. The summed E-state index contributed by atoms with van der Waals surface area (Å²) in [6.45, 7) is 6.01. The van der Waals surface area contributed by atoms with Crippen molar-refractivity contribution in [2.45, 2.75) is 27.2 Å². The molecule has 0 spiro atoms. The van der Waals surface area contributed by atoms with Crippen LogP contribution >= 0.6 is 0 Å². The van der Waals surface area contributed by atoms with Crippen molar-refractivity contribution >= 4 is 11.6 Å². The lowest BCUT2D eigenvalue weighted by molar-refractivity contribution is 0.0954. The molecule has 0 saturated heterocycles. The fourth-order valence-corrected chi connectivity index (χ4v) is 1.26. The highest BCUT2D eigenvalue weighted by molar-refractivity contribution is 5.95. The summed E-state index contributed by atoms with van der Waals surface area (Å²) in [6.07, 6.45) is 0.983. The lowest BCUT2D eigenvalue weighted by Crippen LogP contribution is -2.20. The summed E-state index contributed by atoms with van der Waals surface area (Å²) >= 11 is 0. The molecule has 0 aromatic heterocycles. The Labute approximate surface area is 101 Å². The zero-order chi connectivity index (χ0) is 12.8. The first-order valence-electron chi connectivity index (χ1n) is 5.68. The Kier molecular flexibility index (Phi) is 4.69. The number of phenols is 1. The van der Waals surface area contributed by atoms with E-state index in [-0.39, 0.29) is 11.7 Å². The third-order valence-electron chi connectivity index (χ3n) is 2.77. The van der Waals surface area contributed by atoms with Gasteiger partial charge in [-0.15, -0.1) is 0 Å². The Hall–Kier alpha value is -1.84. The first-order valence-corrected chi connectivity index (χ1v) is 5.68. The normalized spacial score (nSPS) is 13.2. The quantitative estimate of drug-likeness (QED) is 0.621. The van der Waals surface area contributed by atoms with E-state index in [0.29, 0.717) is 11.5 Å². The van der Waals surface area contributed by atoms with Gasteiger partial charge in [0, 0.05) is 11.3 Å². The second kappa shape index (κ2) is 6.03. The number of rotatable bonds is 4. The van der Waals surface area contributed by atoms with Crippen molar-refractivity contribution in [3.63, 3.8) is 0 Å². The molecule has 0 heterocycles. The van der Waals surface area contributed by atoms with Gasteiger partial charge in [0.25, 0.3) is 5.91 Å². The summed E-state index contributed by atoms with van der Waals surface area (Å²) in [5.41, 5.74) is 3.76. The minimum Gasteiger partial charge on any atom is -0.508 e. The number of hydrazone groups is 1. The van der Waals surface area contributed by atoms with Crippen molar-refractivity contribution in [2.75, 3.05) is 0 Å². The van der Waals surface area contributed by atoms with Gasteiger partial charge in [0.2, 0.25) is 0 Å². The molecule has 0 aliphatic carbocycles. The fraction of sp³-hybridized carbons (Fsp3) is 0.385. The van der Waals surface area contributed by atoms with Crippen molar-refractivity contribution in [1.82, 2.24) is 5.43 Å². The van der Waals surface area contributed by atoms with E-state index in [9.17, 15) is 9.90 Å². The Morgan fingerprint density at radius 3 is 2.82 bits per heavy atom. The highest BCUT2D eigenvalue weighted by Crippen LogP contribution is 2.10. The van der Waals surface area contributed by atoms with Crippen LogP contribution in [0.1, 0.15) is 37.6 Å². The van der Waals surface area contributed by atoms with Gasteiger partial charge in [-0.25, -0.2) is 5.43 Å². The molecular formula is C13H18N2O2. The van der Waals surface area contributed by atoms with Crippen LogP contribution in [0.2, 0.25) is 0 Å². The molecule has 1 atom stereocenters. The molecule has 1 rings (SSSR count). The number of nitrogens with one attached hydrogen (secondary N) is 1. The molecular weight excluding hydrogens is 216 g/mol. The fourth-order valence-electron chi connectivity index (χ4n) is 1.26. The highest BCUT2D eigenvalue weighted by Gasteiger charge is 2.06. The third kappa shape index (κ3) is 3.90. The molecule has 0 aliphatic rings. The molecule has 0 fully saturated rings. The van der Waals surface area contributed by atoms with E-state index in [1.165, 1.54) is 12.1 Å².